The average Bonchev–Trinajstić information content (AvgIpc) is 2.63. The molecule has 0 unspecified atom stereocenters. The van der Waals surface area contributed by atoms with E-state index in [9.17, 15) is 4.39 Å². The largest absolute Gasteiger partial charge is 0.207 e. The first kappa shape index (κ1) is 18.0. The molecule has 1 aromatic carbocycles. The molecule has 0 radical (unpaired) electrons. The molecule has 2 aliphatic carbocycles. The summed E-state index contributed by atoms with van der Waals surface area (Å²) in [5.41, 5.74) is 3.03. The lowest BCUT2D eigenvalue weighted by molar-refractivity contribution is 0.246. The smallest absolute Gasteiger partial charge is 0.123 e. The van der Waals surface area contributed by atoms with Gasteiger partial charge in [-0.05, 0) is 92.7 Å². The fourth-order valence-electron chi connectivity index (χ4n) is 4.76. The van der Waals surface area contributed by atoms with E-state index in [2.05, 4.69) is 6.08 Å². The van der Waals surface area contributed by atoms with E-state index in [1.807, 2.05) is 12.1 Å². The van der Waals surface area contributed by atoms with Crippen molar-refractivity contribution in [2.75, 3.05) is 0 Å². The Kier molecular flexibility index (Phi) is 6.77. The molecule has 0 amide bonds. The number of halogens is 2. The molecule has 0 spiro atoms. The third kappa shape index (κ3) is 5.09. The molecule has 2 fully saturated rings. The van der Waals surface area contributed by atoms with E-state index in [4.69, 9.17) is 11.6 Å². The minimum Gasteiger partial charge on any atom is -0.207 e. The van der Waals surface area contributed by atoms with Crippen molar-refractivity contribution in [3.8, 4) is 0 Å². The highest BCUT2D eigenvalue weighted by atomic mass is 35.5. The molecule has 2 aliphatic rings. The number of hydrogen-bond acceptors (Lipinski definition) is 0. The maximum atomic E-state index is 13.1. The van der Waals surface area contributed by atoms with Crippen molar-refractivity contribution in [1.82, 2.24) is 0 Å². The Morgan fingerprint density at radius 1 is 0.833 bits per heavy atom. The SMILES string of the molecule is Fc1ccc(C2CCC(CCC3CCC(C=CCl)CC3)CC2)cc1. The first-order chi connectivity index (χ1) is 11.7. The van der Waals surface area contributed by atoms with Crippen LogP contribution in [0.2, 0.25) is 0 Å². The van der Waals surface area contributed by atoms with Crippen molar-refractivity contribution in [2.45, 2.75) is 70.1 Å². The van der Waals surface area contributed by atoms with Gasteiger partial charge in [-0.2, -0.15) is 0 Å². The predicted molar refractivity (Wildman–Crippen MR) is 101 cm³/mol. The van der Waals surface area contributed by atoms with Crippen LogP contribution in [0.3, 0.4) is 0 Å². The van der Waals surface area contributed by atoms with Crippen LogP contribution in [0.15, 0.2) is 35.9 Å². The van der Waals surface area contributed by atoms with Gasteiger partial charge in [0.25, 0.3) is 0 Å². The van der Waals surface area contributed by atoms with Crippen molar-refractivity contribution < 1.29 is 4.39 Å². The van der Waals surface area contributed by atoms with Gasteiger partial charge in [0.05, 0.1) is 0 Å². The Bertz CT molecular complexity index is 505. The number of hydrogen-bond donors (Lipinski definition) is 0. The van der Waals surface area contributed by atoms with E-state index < -0.39 is 0 Å². The van der Waals surface area contributed by atoms with Crippen molar-refractivity contribution in [1.29, 1.82) is 0 Å². The molecule has 24 heavy (non-hydrogen) atoms. The third-order valence-corrected chi connectivity index (χ3v) is 6.55. The zero-order valence-electron chi connectivity index (χ0n) is 14.6. The monoisotopic (exact) mass is 348 g/mol. The van der Waals surface area contributed by atoms with Crippen molar-refractivity contribution >= 4 is 11.6 Å². The summed E-state index contributed by atoms with van der Waals surface area (Å²) in [6.45, 7) is 0. The number of rotatable bonds is 5. The molecular weight excluding hydrogens is 319 g/mol. The van der Waals surface area contributed by atoms with Gasteiger partial charge >= 0.3 is 0 Å². The van der Waals surface area contributed by atoms with Crippen LogP contribution >= 0.6 is 11.6 Å². The summed E-state index contributed by atoms with van der Waals surface area (Å²) in [6.07, 6.45) is 15.7. The van der Waals surface area contributed by atoms with Crippen molar-refractivity contribution in [2.24, 2.45) is 17.8 Å². The maximum absolute atomic E-state index is 13.1. The minimum absolute atomic E-state index is 0.122. The highest BCUT2D eigenvalue weighted by molar-refractivity contribution is 6.25. The Morgan fingerprint density at radius 3 is 1.92 bits per heavy atom. The maximum Gasteiger partial charge on any atom is 0.123 e. The molecule has 2 heteroatoms. The van der Waals surface area contributed by atoms with Gasteiger partial charge in [0, 0.05) is 5.54 Å². The Balaban J connectivity index is 1.36. The van der Waals surface area contributed by atoms with E-state index in [1.54, 1.807) is 17.7 Å². The summed E-state index contributed by atoms with van der Waals surface area (Å²) >= 11 is 5.70. The van der Waals surface area contributed by atoms with Crippen LogP contribution in [0.4, 0.5) is 4.39 Å². The molecule has 132 valence electrons. The highest BCUT2D eigenvalue weighted by Crippen LogP contribution is 2.39. The highest BCUT2D eigenvalue weighted by Gasteiger charge is 2.24. The minimum atomic E-state index is -0.122. The van der Waals surface area contributed by atoms with E-state index in [0.717, 1.165) is 17.8 Å². The molecule has 3 rings (SSSR count). The summed E-state index contributed by atoms with van der Waals surface area (Å²) < 4.78 is 13.1. The molecule has 0 saturated heterocycles. The normalized spacial score (nSPS) is 31.4. The molecule has 0 bridgehead atoms. The van der Waals surface area contributed by atoms with Gasteiger partial charge in [-0.3, -0.25) is 0 Å². The van der Waals surface area contributed by atoms with Crippen molar-refractivity contribution in [3.05, 3.63) is 47.3 Å². The fourth-order valence-corrected chi connectivity index (χ4v) is 4.97. The lowest BCUT2D eigenvalue weighted by Gasteiger charge is -2.31. The lowest BCUT2D eigenvalue weighted by Crippen LogP contribution is -2.17. The van der Waals surface area contributed by atoms with Gasteiger partial charge in [0.1, 0.15) is 5.82 Å². The van der Waals surface area contributed by atoms with Crippen LogP contribution in [0, 0.1) is 23.6 Å². The van der Waals surface area contributed by atoms with Gasteiger partial charge in [-0.15, -0.1) is 0 Å². The number of benzene rings is 1. The molecular formula is C22H30ClF. The molecule has 1 aromatic rings. The third-order valence-electron chi connectivity index (χ3n) is 6.41. The van der Waals surface area contributed by atoms with E-state index in [1.165, 1.54) is 69.8 Å². The zero-order chi connectivity index (χ0) is 16.8. The zero-order valence-corrected chi connectivity index (χ0v) is 15.4. The van der Waals surface area contributed by atoms with Crippen LogP contribution in [0.1, 0.15) is 75.7 Å². The topological polar surface area (TPSA) is 0 Å². The van der Waals surface area contributed by atoms with E-state index in [0.29, 0.717) is 5.92 Å². The van der Waals surface area contributed by atoms with Gasteiger partial charge in [0.2, 0.25) is 0 Å². The first-order valence-electron chi connectivity index (χ1n) is 9.77. The lowest BCUT2D eigenvalue weighted by atomic mass is 9.74. The van der Waals surface area contributed by atoms with Crippen molar-refractivity contribution in [3.63, 3.8) is 0 Å². The molecule has 2 saturated carbocycles. The Morgan fingerprint density at radius 2 is 1.38 bits per heavy atom. The molecule has 0 heterocycles. The average molecular weight is 349 g/mol. The van der Waals surface area contributed by atoms with Crippen LogP contribution < -0.4 is 0 Å². The van der Waals surface area contributed by atoms with Gasteiger partial charge < -0.3 is 0 Å². The van der Waals surface area contributed by atoms with E-state index in [-0.39, 0.29) is 5.82 Å². The quantitative estimate of drug-likeness (QED) is 0.518. The Hall–Kier alpha value is -0.820. The van der Waals surface area contributed by atoms with Crippen LogP contribution in [0.25, 0.3) is 0 Å². The summed E-state index contributed by atoms with van der Waals surface area (Å²) in [5.74, 6) is 3.12. The molecule has 0 nitrogen and oxygen atoms in total. The Labute approximate surface area is 151 Å². The van der Waals surface area contributed by atoms with E-state index >= 15 is 0 Å². The summed E-state index contributed by atoms with van der Waals surface area (Å²) in [7, 11) is 0. The fraction of sp³-hybridized carbons (Fsp3) is 0.636. The van der Waals surface area contributed by atoms with Gasteiger partial charge in [-0.1, -0.05) is 42.7 Å². The molecule has 0 aromatic heterocycles. The van der Waals surface area contributed by atoms with Crippen LogP contribution in [-0.2, 0) is 0 Å². The van der Waals surface area contributed by atoms with Gasteiger partial charge in [0.15, 0.2) is 0 Å². The first-order valence-corrected chi connectivity index (χ1v) is 10.2. The van der Waals surface area contributed by atoms with Crippen LogP contribution in [-0.4, -0.2) is 0 Å². The van der Waals surface area contributed by atoms with Gasteiger partial charge in [-0.25, -0.2) is 4.39 Å². The number of allylic oxidation sites excluding steroid dienone is 1. The molecule has 0 atom stereocenters. The van der Waals surface area contributed by atoms with Crippen LogP contribution in [0.5, 0.6) is 0 Å². The predicted octanol–water partition coefficient (Wildman–Crippen LogP) is 7.44. The second-order valence-electron chi connectivity index (χ2n) is 7.95. The second-order valence-corrected chi connectivity index (χ2v) is 8.20. The second kappa shape index (κ2) is 9.04. The standard InChI is InChI=1S/C22H30ClF/c23-16-15-19-5-3-17(4-6-19)1-2-18-7-9-20(10-8-18)21-11-13-22(24)14-12-21/h11-20H,1-10H2. The molecule has 0 aliphatic heterocycles. The summed E-state index contributed by atoms with van der Waals surface area (Å²) in [6, 6.07) is 7.18. The summed E-state index contributed by atoms with van der Waals surface area (Å²) in [4.78, 5) is 0. The molecule has 0 N–H and O–H groups in total. The summed E-state index contributed by atoms with van der Waals surface area (Å²) in [5, 5.41) is 0.